The number of nitrogens with one attached hydrogen (secondary N) is 3. The molecule has 242 valence electrons. The van der Waals surface area contributed by atoms with Crippen LogP contribution in [0.3, 0.4) is 0 Å². The lowest BCUT2D eigenvalue weighted by Gasteiger charge is -2.34. The van der Waals surface area contributed by atoms with Gasteiger partial charge in [-0.1, -0.05) is 36.4 Å². The van der Waals surface area contributed by atoms with E-state index in [0.717, 1.165) is 30.8 Å². The monoisotopic (exact) mass is 636 g/mol. The Morgan fingerprint density at radius 1 is 0.957 bits per heavy atom. The zero-order chi connectivity index (χ0) is 33.1. The van der Waals surface area contributed by atoms with E-state index in [4.69, 9.17) is 0 Å². The third-order valence-electron chi connectivity index (χ3n) is 7.24. The summed E-state index contributed by atoms with van der Waals surface area (Å²) in [6, 6.07) is 18.2. The summed E-state index contributed by atoms with van der Waals surface area (Å²) in [6.45, 7) is 8.86. The van der Waals surface area contributed by atoms with E-state index >= 15 is 0 Å². The average molecular weight is 637 g/mol. The number of aliphatic imine (C=N–C) groups is 1. The number of benzene rings is 3. The fraction of sp³-hybridized carbons (Fsp3) is 0.273. The molecular weight excluding hydrogens is 601 g/mol. The van der Waals surface area contributed by atoms with Gasteiger partial charge in [0.15, 0.2) is 0 Å². The quantitative estimate of drug-likeness (QED) is 0.190. The summed E-state index contributed by atoms with van der Waals surface area (Å²) in [7, 11) is 0. The first-order valence-corrected chi connectivity index (χ1v) is 14.5. The number of carbonyl (C=O) groups is 3. The van der Waals surface area contributed by atoms with Crippen LogP contribution in [0, 0.1) is 0 Å². The van der Waals surface area contributed by atoms with Gasteiger partial charge in [-0.05, 0) is 60.3 Å². The van der Waals surface area contributed by atoms with Crippen LogP contribution in [0.25, 0.3) is 6.08 Å². The van der Waals surface area contributed by atoms with Crippen molar-refractivity contribution >= 4 is 47.6 Å². The lowest BCUT2D eigenvalue weighted by Crippen LogP contribution is -2.49. The second-order valence-corrected chi connectivity index (χ2v) is 10.5. The molecule has 10 nitrogen and oxygen atoms in total. The standard InChI is InChI=1S/C33H35F3N6O4/c1-23(43)42-21-19-41(20-22-42)18-17-38-31(32(45)39-26-12-14-27(15-13-26)46-33(34,35)36)25-10-7-24(8-11-25)9-16-30(44)40-29-6-4-3-5-28(29)37-2/h3-16,31,38H,2,17-22H2,1H3,(H,39,45)(H,40,44)/b16-9+. The third kappa shape index (κ3) is 10.3. The van der Waals surface area contributed by atoms with Crippen molar-refractivity contribution in [3.8, 4) is 5.75 Å². The van der Waals surface area contributed by atoms with Gasteiger partial charge in [0.05, 0.1) is 11.4 Å². The van der Waals surface area contributed by atoms with Crippen molar-refractivity contribution in [3.05, 3.63) is 90.0 Å². The molecule has 3 aromatic carbocycles. The van der Waals surface area contributed by atoms with E-state index in [1.54, 1.807) is 66.4 Å². The number of halogens is 3. The van der Waals surface area contributed by atoms with Crippen molar-refractivity contribution < 1.29 is 32.3 Å². The maximum absolute atomic E-state index is 13.4. The largest absolute Gasteiger partial charge is 0.573 e. The third-order valence-corrected chi connectivity index (χ3v) is 7.24. The van der Waals surface area contributed by atoms with Gasteiger partial charge in [0, 0.05) is 58.0 Å². The van der Waals surface area contributed by atoms with Crippen molar-refractivity contribution in [1.82, 2.24) is 15.1 Å². The number of para-hydroxylation sites is 2. The lowest BCUT2D eigenvalue weighted by atomic mass is 10.0. The van der Waals surface area contributed by atoms with Crippen LogP contribution in [0.4, 0.5) is 30.2 Å². The molecule has 0 saturated carbocycles. The second kappa shape index (κ2) is 15.8. The van der Waals surface area contributed by atoms with Crippen LogP contribution in [0.15, 0.2) is 83.9 Å². The van der Waals surface area contributed by atoms with Crippen molar-refractivity contribution in [3.63, 3.8) is 0 Å². The summed E-state index contributed by atoms with van der Waals surface area (Å²) in [4.78, 5) is 45.4. The molecule has 46 heavy (non-hydrogen) atoms. The fourth-order valence-electron chi connectivity index (χ4n) is 4.83. The molecule has 1 unspecified atom stereocenters. The molecule has 1 aliphatic rings. The van der Waals surface area contributed by atoms with Gasteiger partial charge in [0.2, 0.25) is 17.7 Å². The molecule has 13 heteroatoms. The Morgan fingerprint density at radius 3 is 2.26 bits per heavy atom. The highest BCUT2D eigenvalue weighted by Gasteiger charge is 2.31. The summed E-state index contributed by atoms with van der Waals surface area (Å²) < 4.78 is 41.5. The molecular formula is C33H35F3N6O4. The van der Waals surface area contributed by atoms with Gasteiger partial charge in [0.1, 0.15) is 11.8 Å². The molecule has 0 radical (unpaired) electrons. The van der Waals surface area contributed by atoms with E-state index in [2.05, 4.69) is 37.3 Å². The Kier molecular flexibility index (Phi) is 11.7. The number of carbonyl (C=O) groups excluding carboxylic acids is 3. The normalized spacial score (nSPS) is 14.5. The van der Waals surface area contributed by atoms with Crippen molar-refractivity contribution in [2.45, 2.75) is 19.3 Å². The molecule has 1 saturated heterocycles. The predicted molar refractivity (Wildman–Crippen MR) is 171 cm³/mol. The Balaban J connectivity index is 1.42. The van der Waals surface area contributed by atoms with E-state index in [1.165, 1.54) is 18.2 Å². The highest BCUT2D eigenvalue weighted by Crippen LogP contribution is 2.25. The van der Waals surface area contributed by atoms with Gasteiger partial charge in [0.25, 0.3) is 0 Å². The maximum atomic E-state index is 13.4. The van der Waals surface area contributed by atoms with Crippen molar-refractivity contribution in [2.75, 3.05) is 49.9 Å². The molecule has 1 atom stereocenters. The number of ether oxygens (including phenoxy) is 1. The second-order valence-electron chi connectivity index (χ2n) is 10.5. The number of anilines is 2. The minimum absolute atomic E-state index is 0.0433. The minimum Gasteiger partial charge on any atom is -0.406 e. The number of rotatable bonds is 12. The predicted octanol–water partition coefficient (Wildman–Crippen LogP) is 5.00. The Hall–Kier alpha value is -5.01. The number of nitrogens with zero attached hydrogens (tertiary/aromatic N) is 3. The minimum atomic E-state index is -4.82. The summed E-state index contributed by atoms with van der Waals surface area (Å²) >= 11 is 0. The summed E-state index contributed by atoms with van der Waals surface area (Å²) in [5.74, 6) is -1.12. The first-order valence-electron chi connectivity index (χ1n) is 14.5. The number of amides is 3. The highest BCUT2D eigenvalue weighted by atomic mass is 19.4. The van der Waals surface area contributed by atoms with Crippen LogP contribution >= 0.6 is 0 Å². The SMILES string of the molecule is C=Nc1ccccc1NC(=O)/C=C/c1ccc(C(NCCN2CCN(C(C)=O)CC2)C(=O)Nc2ccc(OC(F)(F)F)cc2)cc1. The van der Waals surface area contributed by atoms with E-state index in [9.17, 15) is 27.6 Å². The zero-order valence-corrected chi connectivity index (χ0v) is 25.2. The molecule has 1 heterocycles. The Bertz CT molecular complexity index is 1540. The molecule has 3 N–H and O–H groups in total. The van der Waals surface area contributed by atoms with Crippen LogP contribution in [0.1, 0.15) is 24.1 Å². The van der Waals surface area contributed by atoms with Gasteiger partial charge >= 0.3 is 6.36 Å². The highest BCUT2D eigenvalue weighted by molar-refractivity contribution is 6.03. The van der Waals surface area contributed by atoms with Gasteiger partial charge in [-0.15, -0.1) is 13.2 Å². The molecule has 4 rings (SSSR count). The number of piperazine rings is 1. The topological polar surface area (TPSA) is 115 Å². The zero-order valence-electron chi connectivity index (χ0n) is 25.2. The maximum Gasteiger partial charge on any atom is 0.573 e. The van der Waals surface area contributed by atoms with E-state index in [-0.39, 0.29) is 11.8 Å². The molecule has 0 bridgehead atoms. The summed E-state index contributed by atoms with van der Waals surface area (Å²) in [5, 5.41) is 8.80. The fourth-order valence-corrected chi connectivity index (χ4v) is 4.83. The van der Waals surface area contributed by atoms with Crippen LogP contribution in [0.2, 0.25) is 0 Å². The number of alkyl halides is 3. The molecule has 1 aliphatic heterocycles. The lowest BCUT2D eigenvalue weighted by molar-refractivity contribution is -0.274. The number of hydrogen-bond donors (Lipinski definition) is 3. The first-order chi connectivity index (χ1) is 22.0. The van der Waals surface area contributed by atoms with E-state index in [0.29, 0.717) is 48.8 Å². The molecule has 0 aromatic heterocycles. The summed E-state index contributed by atoms with van der Waals surface area (Å²) in [5.41, 5.74) is 2.74. The van der Waals surface area contributed by atoms with Gasteiger partial charge in [-0.2, -0.15) is 0 Å². The smallest absolute Gasteiger partial charge is 0.406 e. The molecule has 3 amide bonds. The summed E-state index contributed by atoms with van der Waals surface area (Å²) in [6.07, 6.45) is -1.80. The molecule has 0 spiro atoms. The van der Waals surface area contributed by atoms with E-state index in [1.807, 2.05) is 0 Å². The first kappa shape index (κ1) is 33.9. The van der Waals surface area contributed by atoms with Crippen molar-refractivity contribution in [1.29, 1.82) is 0 Å². The van der Waals surface area contributed by atoms with Gasteiger partial charge < -0.3 is 25.6 Å². The Labute approximate surface area is 264 Å². The van der Waals surface area contributed by atoms with Crippen molar-refractivity contribution in [2.24, 2.45) is 4.99 Å². The van der Waals surface area contributed by atoms with E-state index < -0.39 is 24.1 Å². The van der Waals surface area contributed by atoms with Gasteiger partial charge in [-0.3, -0.25) is 24.3 Å². The number of hydrogen-bond acceptors (Lipinski definition) is 7. The molecule has 0 aliphatic carbocycles. The van der Waals surface area contributed by atoms with Crippen LogP contribution in [-0.4, -0.2) is 79.9 Å². The van der Waals surface area contributed by atoms with Crippen LogP contribution < -0.4 is 20.7 Å². The molecule has 1 fully saturated rings. The van der Waals surface area contributed by atoms with Crippen LogP contribution in [-0.2, 0) is 14.4 Å². The average Bonchev–Trinajstić information content (AvgIpc) is 3.03. The van der Waals surface area contributed by atoms with Crippen LogP contribution in [0.5, 0.6) is 5.75 Å². The molecule has 3 aromatic rings. The van der Waals surface area contributed by atoms with Gasteiger partial charge in [-0.25, -0.2) is 0 Å². The Morgan fingerprint density at radius 2 is 1.63 bits per heavy atom.